The highest BCUT2D eigenvalue weighted by Gasteiger charge is 2.55. The second kappa shape index (κ2) is 5.13. The van der Waals surface area contributed by atoms with Gasteiger partial charge in [-0.05, 0) is 29.5 Å². The molecule has 1 aliphatic heterocycles. The third kappa shape index (κ3) is 2.27. The predicted molar refractivity (Wildman–Crippen MR) is 72.9 cm³/mol. The minimum Gasteiger partial charge on any atom is -0.301 e. The lowest BCUT2D eigenvalue weighted by Gasteiger charge is -2.39. The second-order valence-electron chi connectivity index (χ2n) is 6.05. The molecule has 1 unspecified atom stereocenters. The van der Waals surface area contributed by atoms with Gasteiger partial charge in [-0.15, -0.1) is 0 Å². The van der Waals surface area contributed by atoms with Crippen LogP contribution < -0.4 is 5.32 Å². The number of nitrogens with one attached hydrogen (secondary N) is 1. The number of hydrogen-bond acceptors (Lipinski definition) is 2. The Hall–Kier alpha value is -1.36. The second-order valence-corrected chi connectivity index (χ2v) is 6.05. The van der Waals surface area contributed by atoms with Gasteiger partial charge < -0.3 is 4.79 Å². The van der Waals surface area contributed by atoms with E-state index in [9.17, 15) is 18.0 Å². The lowest BCUT2D eigenvalue weighted by atomic mass is 9.68. The fourth-order valence-electron chi connectivity index (χ4n) is 3.70. The molecule has 0 bridgehead atoms. The first-order valence-corrected chi connectivity index (χ1v) is 7.37. The van der Waals surface area contributed by atoms with Gasteiger partial charge in [0.25, 0.3) is 0 Å². The van der Waals surface area contributed by atoms with Gasteiger partial charge in [0.1, 0.15) is 6.29 Å². The molecule has 2 nitrogen and oxygen atoms in total. The molecule has 1 fully saturated rings. The van der Waals surface area contributed by atoms with Crippen molar-refractivity contribution in [1.29, 1.82) is 0 Å². The van der Waals surface area contributed by atoms with E-state index in [1.807, 2.05) is 0 Å². The molecule has 21 heavy (non-hydrogen) atoms. The highest BCUT2D eigenvalue weighted by molar-refractivity contribution is 5.64. The smallest absolute Gasteiger partial charge is 0.301 e. The highest BCUT2D eigenvalue weighted by Crippen LogP contribution is 2.51. The van der Waals surface area contributed by atoms with E-state index < -0.39 is 11.6 Å². The Morgan fingerprint density at radius 1 is 1.19 bits per heavy atom. The number of benzene rings is 1. The largest absolute Gasteiger partial charge is 0.398 e. The van der Waals surface area contributed by atoms with E-state index in [0.717, 1.165) is 23.8 Å². The molecular weight excluding hydrogens is 279 g/mol. The summed E-state index contributed by atoms with van der Waals surface area (Å²) in [7, 11) is 0. The lowest BCUT2D eigenvalue weighted by Crippen LogP contribution is -2.44. The number of hydrogen-bond donors (Lipinski definition) is 1. The quantitative estimate of drug-likeness (QED) is 0.841. The van der Waals surface area contributed by atoms with Crippen molar-refractivity contribution in [1.82, 2.24) is 5.32 Å². The normalized spacial score (nSPS) is 24.6. The summed E-state index contributed by atoms with van der Waals surface area (Å²) in [5.74, 6) is 0. The van der Waals surface area contributed by atoms with Crippen molar-refractivity contribution in [3.05, 3.63) is 34.9 Å². The maximum Gasteiger partial charge on any atom is 0.398 e. The van der Waals surface area contributed by atoms with Crippen molar-refractivity contribution in [3.63, 3.8) is 0 Å². The van der Waals surface area contributed by atoms with Gasteiger partial charge in [-0.1, -0.05) is 37.5 Å². The van der Waals surface area contributed by atoms with Crippen LogP contribution in [0, 0.1) is 0 Å². The van der Waals surface area contributed by atoms with Crippen molar-refractivity contribution in [2.75, 3.05) is 0 Å². The topological polar surface area (TPSA) is 29.1 Å². The van der Waals surface area contributed by atoms with Crippen molar-refractivity contribution >= 4 is 6.29 Å². The van der Waals surface area contributed by atoms with Crippen LogP contribution in [0.2, 0.25) is 0 Å². The molecule has 1 heterocycles. The predicted octanol–water partition coefficient (Wildman–Crippen LogP) is 3.79. The molecule has 1 aromatic rings. The average Bonchev–Trinajstić information content (AvgIpc) is 2.89. The first kappa shape index (κ1) is 14.6. The molecule has 114 valence electrons. The van der Waals surface area contributed by atoms with Crippen LogP contribution in [0.1, 0.15) is 54.8 Å². The minimum absolute atomic E-state index is 0.166. The number of fused-ring (bicyclic) bond motifs is 1. The van der Waals surface area contributed by atoms with Gasteiger partial charge >= 0.3 is 6.18 Å². The summed E-state index contributed by atoms with van der Waals surface area (Å²) in [6.45, 7) is 0.459. The third-order valence-corrected chi connectivity index (χ3v) is 4.93. The van der Waals surface area contributed by atoms with E-state index >= 15 is 0 Å². The summed E-state index contributed by atoms with van der Waals surface area (Å²) in [5, 5.41) is 3.00. The SMILES string of the molecule is O=CC1NCc2cc(C3(C(F)(F)F)CCCCC3)ccc21. The summed E-state index contributed by atoms with van der Waals surface area (Å²) in [6, 6.07) is 4.53. The number of rotatable bonds is 2. The van der Waals surface area contributed by atoms with Crippen LogP contribution in [0.5, 0.6) is 0 Å². The number of carbonyl (C=O) groups excluding carboxylic acids is 1. The van der Waals surface area contributed by atoms with E-state index in [1.54, 1.807) is 18.2 Å². The van der Waals surface area contributed by atoms with Gasteiger partial charge in [-0.2, -0.15) is 13.2 Å². The maximum absolute atomic E-state index is 13.7. The summed E-state index contributed by atoms with van der Waals surface area (Å²) < 4.78 is 41.1. The molecule has 0 saturated heterocycles. The van der Waals surface area contributed by atoms with E-state index in [0.29, 0.717) is 24.9 Å². The van der Waals surface area contributed by atoms with Crippen LogP contribution in [0.4, 0.5) is 13.2 Å². The van der Waals surface area contributed by atoms with Crippen LogP contribution >= 0.6 is 0 Å². The molecular formula is C16H18F3NO. The Morgan fingerprint density at radius 3 is 2.52 bits per heavy atom. The molecule has 0 amide bonds. The zero-order valence-electron chi connectivity index (χ0n) is 11.7. The fraction of sp³-hybridized carbons (Fsp3) is 0.562. The Labute approximate surface area is 121 Å². The van der Waals surface area contributed by atoms with Crippen LogP contribution in [-0.4, -0.2) is 12.5 Å². The van der Waals surface area contributed by atoms with Gasteiger partial charge in [-0.3, -0.25) is 5.32 Å². The summed E-state index contributed by atoms with van der Waals surface area (Å²) >= 11 is 0. The Balaban J connectivity index is 2.04. The highest BCUT2D eigenvalue weighted by atomic mass is 19.4. The van der Waals surface area contributed by atoms with Crippen molar-refractivity contribution in [3.8, 4) is 0 Å². The van der Waals surface area contributed by atoms with E-state index in [4.69, 9.17) is 0 Å². The summed E-state index contributed by atoms with van der Waals surface area (Å²) in [5.41, 5.74) is 0.280. The van der Waals surface area contributed by atoms with Gasteiger partial charge in [-0.25, -0.2) is 0 Å². The van der Waals surface area contributed by atoms with E-state index in [1.165, 1.54) is 0 Å². The standard InChI is InChI=1S/C16H18F3NO/c17-16(18,19)15(6-2-1-3-7-15)12-4-5-13-11(8-12)9-20-14(13)10-21/h4-5,8,10,14,20H,1-3,6-7,9H2. The maximum atomic E-state index is 13.7. The van der Waals surface area contributed by atoms with Crippen molar-refractivity contribution < 1.29 is 18.0 Å². The monoisotopic (exact) mass is 297 g/mol. The molecule has 1 aliphatic carbocycles. The third-order valence-electron chi connectivity index (χ3n) is 4.93. The molecule has 1 saturated carbocycles. The van der Waals surface area contributed by atoms with Gasteiger partial charge in [0.05, 0.1) is 11.5 Å². The fourth-order valence-corrected chi connectivity index (χ4v) is 3.70. The zero-order chi connectivity index (χ0) is 15.1. The molecule has 0 spiro atoms. The first-order chi connectivity index (χ1) is 9.98. The average molecular weight is 297 g/mol. The minimum atomic E-state index is -4.22. The van der Waals surface area contributed by atoms with Crippen LogP contribution in [-0.2, 0) is 16.8 Å². The van der Waals surface area contributed by atoms with Crippen LogP contribution in [0.3, 0.4) is 0 Å². The van der Waals surface area contributed by atoms with Crippen LogP contribution in [0.25, 0.3) is 0 Å². The molecule has 3 rings (SSSR count). The molecule has 0 aromatic heterocycles. The lowest BCUT2D eigenvalue weighted by molar-refractivity contribution is -0.199. The molecule has 5 heteroatoms. The van der Waals surface area contributed by atoms with E-state index in [-0.39, 0.29) is 18.9 Å². The molecule has 0 radical (unpaired) electrons. The van der Waals surface area contributed by atoms with Crippen molar-refractivity contribution in [2.45, 2.75) is 56.3 Å². The first-order valence-electron chi connectivity index (χ1n) is 7.37. The van der Waals surface area contributed by atoms with E-state index in [2.05, 4.69) is 5.32 Å². The Bertz CT molecular complexity index is 547. The Kier molecular flexibility index (Phi) is 3.56. The molecule has 1 atom stereocenters. The number of alkyl halides is 3. The summed E-state index contributed by atoms with van der Waals surface area (Å²) in [6.07, 6.45) is -0.988. The van der Waals surface area contributed by atoms with Crippen LogP contribution in [0.15, 0.2) is 18.2 Å². The number of aldehydes is 1. The Morgan fingerprint density at radius 2 is 1.90 bits per heavy atom. The molecule has 1 aromatic carbocycles. The van der Waals surface area contributed by atoms with Crippen molar-refractivity contribution in [2.24, 2.45) is 0 Å². The number of carbonyl (C=O) groups is 1. The summed E-state index contributed by atoms with van der Waals surface area (Å²) in [4.78, 5) is 10.9. The zero-order valence-corrected chi connectivity index (χ0v) is 11.7. The van der Waals surface area contributed by atoms with Gasteiger partial charge in [0.15, 0.2) is 0 Å². The van der Waals surface area contributed by atoms with Gasteiger partial charge in [0.2, 0.25) is 0 Å². The molecule has 1 N–H and O–H groups in total. The number of halogens is 3. The van der Waals surface area contributed by atoms with Gasteiger partial charge in [0, 0.05) is 6.54 Å². The molecule has 2 aliphatic rings.